The van der Waals surface area contributed by atoms with E-state index < -0.39 is 0 Å². The molecule has 1 N–H and O–H groups in total. The number of rotatable bonds is 4. The molecule has 1 fully saturated rings. The fraction of sp³-hybridized carbons (Fsp3) is 0.538. The first kappa shape index (κ1) is 13.0. The predicted octanol–water partition coefficient (Wildman–Crippen LogP) is 2.98. The maximum Gasteiger partial charge on any atom is 0.158 e. The Bertz CT molecular complexity index is 362. The molecule has 1 unspecified atom stereocenters. The summed E-state index contributed by atoms with van der Waals surface area (Å²) in [7, 11) is 0. The second kappa shape index (κ2) is 6.50. The van der Waals surface area contributed by atoms with E-state index >= 15 is 0 Å². The molecule has 1 heterocycles. The third-order valence-corrected chi connectivity index (χ3v) is 3.60. The molecule has 0 amide bonds. The summed E-state index contributed by atoms with van der Waals surface area (Å²) in [5.41, 5.74) is 1.98. The van der Waals surface area contributed by atoms with Crippen LogP contribution >= 0.6 is 15.9 Å². The first-order valence-electron chi connectivity index (χ1n) is 5.91. The molecule has 0 spiro atoms. The standard InChI is InChI=1S/C13H17BrO3/c14-12-7-10(4-5-11(12)8-15)9-17-13-3-1-2-6-16-13/h4-5,7,13,15H,1-3,6,8-9H2. The highest BCUT2D eigenvalue weighted by Gasteiger charge is 2.14. The van der Waals surface area contributed by atoms with Crippen LogP contribution in [0, 0.1) is 0 Å². The van der Waals surface area contributed by atoms with Gasteiger partial charge in [-0.25, -0.2) is 0 Å². The monoisotopic (exact) mass is 300 g/mol. The highest BCUT2D eigenvalue weighted by atomic mass is 79.9. The van der Waals surface area contributed by atoms with E-state index in [0.29, 0.717) is 6.61 Å². The van der Waals surface area contributed by atoms with E-state index in [1.54, 1.807) is 0 Å². The second-order valence-electron chi connectivity index (χ2n) is 4.19. The lowest BCUT2D eigenvalue weighted by atomic mass is 10.1. The lowest BCUT2D eigenvalue weighted by molar-refractivity contribution is -0.168. The highest BCUT2D eigenvalue weighted by molar-refractivity contribution is 9.10. The van der Waals surface area contributed by atoms with Crippen molar-refractivity contribution < 1.29 is 14.6 Å². The molecule has 0 saturated carbocycles. The van der Waals surface area contributed by atoms with Gasteiger partial charge in [-0.3, -0.25) is 0 Å². The number of hydrogen-bond acceptors (Lipinski definition) is 3. The van der Waals surface area contributed by atoms with Crippen LogP contribution in [0.3, 0.4) is 0 Å². The summed E-state index contributed by atoms with van der Waals surface area (Å²) in [6.45, 7) is 1.40. The van der Waals surface area contributed by atoms with Crippen molar-refractivity contribution in [2.45, 2.75) is 38.8 Å². The van der Waals surface area contributed by atoms with E-state index in [1.165, 1.54) is 6.42 Å². The molecular formula is C13H17BrO3. The normalized spacial score (nSPS) is 20.5. The second-order valence-corrected chi connectivity index (χ2v) is 5.05. The highest BCUT2D eigenvalue weighted by Crippen LogP contribution is 2.20. The van der Waals surface area contributed by atoms with E-state index in [-0.39, 0.29) is 12.9 Å². The molecular weight excluding hydrogens is 284 g/mol. The van der Waals surface area contributed by atoms with Gasteiger partial charge in [0.05, 0.1) is 13.2 Å². The summed E-state index contributed by atoms with van der Waals surface area (Å²) in [6.07, 6.45) is 3.24. The zero-order valence-electron chi connectivity index (χ0n) is 9.69. The molecule has 1 aromatic rings. The summed E-state index contributed by atoms with van der Waals surface area (Å²) in [4.78, 5) is 0. The van der Waals surface area contributed by atoms with Gasteiger partial charge in [-0.05, 0) is 36.5 Å². The van der Waals surface area contributed by atoms with Crippen molar-refractivity contribution >= 4 is 15.9 Å². The number of halogens is 1. The summed E-state index contributed by atoms with van der Waals surface area (Å²) < 4.78 is 12.1. The first-order valence-corrected chi connectivity index (χ1v) is 6.70. The molecule has 1 aromatic carbocycles. The maximum absolute atomic E-state index is 9.06. The Balaban J connectivity index is 1.87. The zero-order chi connectivity index (χ0) is 12.1. The Kier molecular flexibility index (Phi) is 4.98. The molecule has 1 atom stereocenters. The molecule has 1 aliphatic rings. The Labute approximate surface area is 110 Å². The lowest BCUT2D eigenvalue weighted by Gasteiger charge is -2.22. The quantitative estimate of drug-likeness (QED) is 0.929. The SMILES string of the molecule is OCc1ccc(COC2CCCCO2)cc1Br. The third-order valence-electron chi connectivity index (χ3n) is 2.86. The van der Waals surface area contributed by atoms with Crippen LogP contribution in [0.2, 0.25) is 0 Å². The van der Waals surface area contributed by atoms with Gasteiger partial charge in [-0.1, -0.05) is 28.1 Å². The summed E-state index contributed by atoms with van der Waals surface area (Å²) in [6, 6.07) is 5.86. The van der Waals surface area contributed by atoms with Crippen molar-refractivity contribution in [3.63, 3.8) is 0 Å². The van der Waals surface area contributed by atoms with Crippen LogP contribution in [0.5, 0.6) is 0 Å². The average Bonchev–Trinajstić information content (AvgIpc) is 2.38. The van der Waals surface area contributed by atoms with E-state index in [2.05, 4.69) is 15.9 Å². The van der Waals surface area contributed by atoms with Crippen molar-refractivity contribution in [3.05, 3.63) is 33.8 Å². The zero-order valence-corrected chi connectivity index (χ0v) is 11.3. The predicted molar refractivity (Wildman–Crippen MR) is 68.4 cm³/mol. The van der Waals surface area contributed by atoms with Crippen LogP contribution in [-0.2, 0) is 22.7 Å². The van der Waals surface area contributed by atoms with Crippen molar-refractivity contribution in [2.75, 3.05) is 6.61 Å². The fourth-order valence-corrected chi connectivity index (χ4v) is 2.39. The smallest absolute Gasteiger partial charge is 0.158 e. The van der Waals surface area contributed by atoms with Gasteiger partial charge in [0.25, 0.3) is 0 Å². The van der Waals surface area contributed by atoms with Crippen molar-refractivity contribution in [1.29, 1.82) is 0 Å². The van der Waals surface area contributed by atoms with Crippen LogP contribution in [0.25, 0.3) is 0 Å². The minimum atomic E-state index is -0.0555. The Morgan fingerprint density at radius 1 is 1.41 bits per heavy atom. The lowest BCUT2D eigenvalue weighted by Crippen LogP contribution is -2.22. The molecule has 0 bridgehead atoms. The first-order chi connectivity index (χ1) is 8.29. The number of benzene rings is 1. The molecule has 1 saturated heterocycles. The van der Waals surface area contributed by atoms with Gasteiger partial charge in [-0.2, -0.15) is 0 Å². The van der Waals surface area contributed by atoms with Crippen LogP contribution in [-0.4, -0.2) is 18.0 Å². The minimum Gasteiger partial charge on any atom is -0.392 e. The van der Waals surface area contributed by atoms with Gasteiger partial charge in [0.2, 0.25) is 0 Å². The Morgan fingerprint density at radius 3 is 2.94 bits per heavy atom. The number of aliphatic hydroxyl groups excluding tert-OH is 1. The van der Waals surface area contributed by atoms with E-state index in [0.717, 1.165) is 35.0 Å². The third kappa shape index (κ3) is 3.78. The molecule has 0 aromatic heterocycles. The van der Waals surface area contributed by atoms with E-state index in [4.69, 9.17) is 14.6 Å². The van der Waals surface area contributed by atoms with Gasteiger partial charge in [0.15, 0.2) is 6.29 Å². The molecule has 94 valence electrons. The number of aliphatic hydroxyl groups is 1. The van der Waals surface area contributed by atoms with Crippen molar-refractivity contribution in [2.24, 2.45) is 0 Å². The van der Waals surface area contributed by atoms with E-state index in [9.17, 15) is 0 Å². The van der Waals surface area contributed by atoms with Gasteiger partial charge in [0, 0.05) is 11.1 Å². The van der Waals surface area contributed by atoms with Crippen molar-refractivity contribution in [3.8, 4) is 0 Å². The topological polar surface area (TPSA) is 38.7 Å². The molecule has 1 aliphatic heterocycles. The summed E-state index contributed by atoms with van der Waals surface area (Å²) in [5, 5.41) is 9.06. The van der Waals surface area contributed by atoms with Gasteiger partial charge in [0.1, 0.15) is 0 Å². The molecule has 0 radical (unpaired) electrons. The van der Waals surface area contributed by atoms with Crippen molar-refractivity contribution in [1.82, 2.24) is 0 Å². The van der Waals surface area contributed by atoms with Crippen LogP contribution in [0.15, 0.2) is 22.7 Å². The molecule has 2 rings (SSSR count). The molecule has 0 aliphatic carbocycles. The fourth-order valence-electron chi connectivity index (χ4n) is 1.84. The van der Waals surface area contributed by atoms with Crippen LogP contribution < -0.4 is 0 Å². The number of ether oxygens (including phenoxy) is 2. The van der Waals surface area contributed by atoms with Gasteiger partial charge < -0.3 is 14.6 Å². The molecule has 3 nitrogen and oxygen atoms in total. The van der Waals surface area contributed by atoms with Crippen LogP contribution in [0.4, 0.5) is 0 Å². The Hall–Kier alpha value is -0.420. The van der Waals surface area contributed by atoms with Crippen LogP contribution in [0.1, 0.15) is 30.4 Å². The summed E-state index contributed by atoms with van der Waals surface area (Å²) >= 11 is 3.43. The minimum absolute atomic E-state index is 0.0491. The molecule has 4 heteroatoms. The van der Waals surface area contributed by atoms with Gasteiger partial charge in [-0.15, -0.1) is 0 Å². The average molecular weight is 301 g/mol. The Morgan fingerprint density at radius 2 is 2.29 bits per heavy atom. The molecule has 17 heavy (non-hydrogen) atoms. The van der Waals surface area contributed by atoms with E-state index in [1.807, 2.05) is 18.2 Å². The summed E-state index contributed by atoms with van der Waals surface area (Å²) in [5.74, 6) is 0. The maximum atomic E-state index is 9.06. The van der Waals surface area contributed by atoms with Gasteiger partial charge >= 0.3 is 0 Å². The number of hydrogen-bond donors (Lipinski definition) is 1. The largest absolute Gasteiger partial charge is 0.392 e.